The van der Waals surface area contributed by atoms with Gasteiger partial charge in [-0.05, 0) is 5.56 Å². The van der Waals surface area contributed by atoms with E-state index in [0.717, 1.165) is 10.5 Å². The van der Waals surface area contributed by atoms with Crippen molar-refractivity contribution in [2.24, 2.45) is 11.3 Å². The first-order valence-electron chi connectivity index (χ1n) is 6.46. The number of hydrogen-bond acceptors (Lipinski definition) is 3. The van der Waals surface area contributed by atoms with Gasteiger partial charge < -0.3 is 14.7 Å². The fourth-order valence-corrected chi connectivity index (χ4v) is 2.91. The molecule has 1 saturated heterocycles. The monoisotopic (exact) mass is 297 g/mol. The lowest BCUT2D eigenvalue weighted by Gasteiger charge is -2.21. The molecule has 0 radical (unpaired) electrons. The molecule has 1 aliphatic carbocycles. The van der Waals surface area contributed by atoms with Crippen molar-refractivity contribution >= 4 is 12.1 Å². The maximum atomic E-state index is 13.5. The molecule has 2 unspecified atom stereocenters. The summed E-state index contributed by atoms with van der Waals surface area (Å²) in [6, 6.07) is 8.92. The number of benzene rings is 1. The maximum Gasteiger partial charge on any atom is 0.410 e. The normalized spacial score (nSPS) is 28.9. The van der Waals surface area contributed by atoms with Gasteiger partial charge in [0.25, 0.3) is 5.92 Å². The molecular formula is C14H13F2NO4. The van der Waals surface area contributed by atoms with Crippen LogP contribution in [0.3, 0.4) is 0 Å². The van der Waals surface area contributed by atoms with Crippen molar-refractivity contribution in [3.8, 4) is 0 Å². The van der Waals surface area contributed by atoms with Gasteiger partial charge in [0.1, 0.15) is 6.61 Å². The average Bonchev–Trinajstić information content (AvgIpc) is 2.80. The predicted molar refractivity (Wildman–Crippen MR) is 66.7 cm³/mol. The molecule has 2 atom stereocenters. The Morgan fingerprint density at radius 1 is 1.33 bits per heavy atom. The summed E-state index contributed by atoms with van der Waals surface area (Å²) in [6.45, 7) is -0.766. The highest BCUT2D eigenvalue weighted by atomic mass is 19.3. The number of halogens is 2. The average molecular weight is 297 g/mol. The molecule has 1 aromatic carbocycles. The zero-order valence-electron chi connectivity index (χ0n) is 11.0. The van der Waals surface area contributed by atoms with Crippen molar-refractivity contribution in [2.75, 3.05) is 13.1 Å². The van der Waals surface area contributed by atoms with Crippen LogP contribution < -0.4 is 0 Å². The lowest BCUT2D eigenvalue weighted by molar-refractivity contribution is -0.147. The summed E-state index contributed by atoms with van der Waals surface area (Å²) >= 11 is 0. The van der Waals surface area contributed by atoms with Crippen LogP contribution in [-0.4, -0.2) is 41.1 Å². The van der Waals surface area contributed by atoms with E-state index < -0.39 is 35.9 Å². The van der Waals surface area contributed by atoms with Gasteiger partial charge in [0.05, 0.1) is 5.92 Å². The molecule has 1 amide bonds. The number of alkyl halides is 2. The van der Waals surface area contributed by atoms with E-state index in [1.807, 2.05) is 6.07 Å². The van der Waals surface area contributed by atoms with Crippen molar-refractivity contribution in [3.05, 3.63) is 35.9 Å². The third kappa shape index (κ3) is 1.87. The first-order chi connectivity index (χ1) is 9.89. The standard InChI is InChI=1S/C14H13F2NO4/c15-14(16)10-6-17(8-13(10,14)11(18)19)12(20)21-7-9-4-2-1-3-5-9/h1-5,10H,6-8H2,(H,18,19). The smallest absolute Gasteiger partial charge is 0.410 e. The van der Waals surface area contributed by atoms with Crippen LogP contribution >= 0.6 is 0 Å². The molecule has 3 rings (SSSR count). The SMILES string of the molecule is O=C(OCc1ccccc1)N1CC2C(F)(F)C2(C(=O)O)C1. The Morgan fingerprint density at radius 2 is 2.00 bits per heavy atom. The highest BCUT2D eigenvalue weighted by molar-refractivity contribution is 5.84. The number of piperidine rings is 1. The number of carboxylic acid groups (broad SMARTS) is 1. The van der Waals surface area contributed by atoms with Gasteiger partial charge in [-0.15, -0.1) is 0 Å². The van der Waals surface area contributed by atoms with Gasteiger partial charge in [0, 0.05) is 13.1 Å². The molecule has 1 saturated carbocycles. The summed E-state index contributed by atoms with van der Waals surface area (Å²) in [6.07, 6.45) is -0.762. The summed E-state index contributed by atoms with van der Waals surface area (Å²) in [7, 11) is 0. The van der Waals surface area contributed by atoms with Gasteiger partial charge in [-0.25, -0.2) is 13.6 Å². The number of nitrogens with zero attached hydrogens (tertiary/aromatic N) is 1. The number of carbonyl (C=O) groups is 2. The lowest BCUT2D eigenvalue weighted by Crippen LogP contribution is -2.39. The van der Waals surface area contributed by atoms with Gasteiger partial charge in [-0.1, -0.05) is 30.3 Å². The van der Waals surface area contributed by atoms with E-state index in [1.165, 1.54) is 0 Å². The zero-order chi connectivity index (χ0) is 15.3. The molecule has 21 heavy (non-hydrogen) atoms. The molecule has 1 N–H and O–H groups in total. The van der Waals surface area contributed by atoms with Gasteiger partial charge in [0.2, 0.25) is 0 Å². The Balaban J connectivity index is 1.60. The molecule has 1 heterocycles. The van der Waals surface area contributed by atoms with E-state index in [1.54, 1.807) is 24.3 Å². The Morgan fingerprint density at radius 3 is 2.57 bits per heavy atom. The molecule has 2 aliphatic rings. The van der Waals surface area contributed by atoms with Crippen LogP contribution in [-0.2, 0) is 16.1 Å². The second kappa shape index (κ2) is 4.41. The van der Waals surface area contributed by atoms with Crippen molar-refractivity contribution in [2.45, 2.75) is 12.5 Å². The molecule has 0 aromatic heterocycles. The molecule has 2 fully saturated rings. The molecule has 7 heteroatoms. The van der Waals surface area contributed by atoms with Crippen LogP contribution in [0.25, 0.3) is 0 Å². The van der Waals surface area contributed by atoms with Crippen molar-refractivity contribution < 1.29 is 28.2 Å². The van der Waals surface area contributed by atoms with E-state index in [2.05, 4.69) is 0 Å². The molecule has 1 aliphatic heterocycles. The number of fused-ring (bicyclic) bond motifs is 1. The second-order valence-corrected chi connectivity index (χ2v) is 5.37. The van der Waals surface area contributed by atoms with E-state index >= 15 is 0 Å². The van der Waals surface area contributed by atoms with Crippen molar-refractivity contribution in [1.82, 2.24) is 4.90 Å². The fraction of sp³-hybridized carbons (Fsp3) is 0.429. The molecule has 5 nitrogen and oxygen atoms in total. The number of ether oxygens (including phenoxy) is 1. The topological polar surface area (TPSA) is 66.8 Å². The molecule has 0 spiro atoms. The number of likely N-dealkylation sites (tertiary alicyclic amines) is 1. The summed E-state index contributed by atoms with van der Waals surface area (Å²) < 4.78 is 32.0. The summed E-state index contributed by atoms with van der Waals surface area (Å²) in [5.74, 6) is -6.11. The summed E-state index contributed by atoms with van der Waals surface area (Å²) in [4.78, 5) is 23.9. The lowest BCUT2D eigenvalue weighted by atomic mass is 10.1. The molecule has 1 aromatic rings. The molecule has 0 bridgehead atoms. The van der Waals surface area contributed by atoms with Crippen LogP contribution in [0.5, 0.6) is 0 Å². The van der Waals surface area contributed by atoms with Crippen LogP contribution in [0.1, 0.15) is 5.56 Å². The number of hydrogen-bond donors (Lipinski definition) is 1. The zero-order valence-corrected chi connectivity index (χ0v) is 11.0. The minimum Gasteiger partial charge on any atom is -0.481 e. The van der Waals surface area contributed by atoms with E-state index in [9.17, 15) is 18.4 Å². The Hall–Kier alpha value is -2.18. The third-order valence-corrected chi connectivity index (χ3v) is 4.23. The van der Waals surface area contributed by atoms with Gasteiger partial charge in [0.15, 0.2) is 5.41 Å². The van der Waals surface area contributed by atoms with Crippen molar-refractivity contribution in [1.29, 1.82) is 0 Å². The first kappa shape index (κ1) is 13.8. The fourth-order valence-electron chi connectivity index (χ4n) is 2.91. The van der Waals surface area contributed by atoms with Crippen LogP contribution in [0.2, 0.25) is 0 Å². The van der Waals surface area contributed by atoms with Gasteiger partial charge in [-0.2, -0.15) is 0 Å². The highest BCUT2D eigenvalue weighted by Crippen LogP contribution is 2.69. The largest absolute Gasteiger partial charge is 0.481 e. The van der Waals surface area contributed by atoms with E-state index in [4.69, 9.17) is 9.84 Å². The first-order valence-corrected chi connectivity index (χ1v) is 6.46. The molecule has 112 valence electrons. The summed E-state index contributed by atoms with van der Waals surface area (Å²) in [5, 5.41) is 9.00. The number of carboxylic acids is 1. The Labute approximate surface area is 119 Å². The maximum absolute atomic E-state index is 13.5. The minimum atomic E-state index is -3.24. The molecular weight excluding hydrogens is 284 g/mol. The Bertz CT molecular complexity index is 592. The Kier molecular flexibility index (Phi) is 2.89. The van der Waals surface area contributed by atoms with Crippen molar-refractivity contribution in [3.63, 3.8) is 0 Å². The number of aliphatic carboxylic acids is 1. The van der Waals surface area contributed by atoms with Crippen LogP contribution in [0, 0.1) is 11.3 Å². The van der Waals surface area contributed by atoms with Gasteiger partial charge >= 0.3 is 12.1 Å². The quantitative estimate of drug-likeness (QED) is 0.926. The predicted octanol–water partition coefficient (Wildman–Crippen LogP) is 1.97. The van der Waals surface area contributed by atoms with Gasteiger partial charge in [-0.3, -0.25) is 4.79 Å². The third-order valence-electron chi connectivity index (χ3n) is 4.23. The highest BCUT2D eigenvalue weighted by Gasteiger charge is 2.88. The number of amides is 1. The van der Waals surface area contributed by atoms with E-state index in [0.29, 0.717) is 0 Å². The van der Waals surface area contributed by atoms with Crippen LogP contribution in [0.15, 0.2) is 30.3 Å². The summed E-state index contributed by atoms with van der Waals surface area (Å²) in [5.41, 5.74) is -1.35. The number of rotatable bonds is 3. The van der Waals surface area contributed by atoms with E-state index in [-0.39, 0.29) is 13.2 Å². The number of carbonyl (C=O) groups excluding carboxylic acids is 1. The van der Waals surface area contributed by atoms with Crippen LogP contribution in [0.4, 0.5) is 13.6 Å². The second-order valence-electron chi connectivity index (χ2n) is 5.37. The minimum absolute atomic E-state index is 0.0251.